The highest BCUT2D eigenvalue weighted by atomic mass is 31.2. The number of unbranched alkanes of at least 4 members (excludes halogenated alkanes) is 25. The fourth-order valence-corrected chi connectivity index (χ4v) is 8.99. The van der Waals surface area contributed by atoms with Gasteiger partial charge in [-0.2, -0.15) is 0 Å². The number of nitrogens with one attached hydrogen (secondary N) is 1. The van der Waals surface area contributed by atoms with Crippen molar-refractivity contribution in [1.29, 1.82) is 0 Å². The van der Waals surface area contributed by atoms with E-state index in [1.165, 1.54) is 128 Å². The smallest absolute Gasteiger partial charge is 0.268 e. The second-order valence-electron chi connectivity index (χ2n) is 21.3. The van der Waals surface area contributed by atoms with E-state index in [4.69, 9.17) is 9.05 Å². The SMILES string of the molecule is CC/C=C\C/C=C\C/C=C\C/C=C\C/C=C\C/C=C\C/C=C\CCCCCCCCCC(=O)NC(COP(=O)([O-])OCC[N+](C)(C)C)C(O)/C=C/CC/C=C/CCCCCCCCCCCCCCCCCCC. The molecule has 0 saturated heterocycles. The van der Waals surface area contributed by atoms with Gasteiger partial charge in [-0.25, -0.2) is 0 Å². The molecule has 0 spiro atoms. The Morgan fingerprint density at radius 3 is 1.26 bits per heavy atom. The zero-order chi connectivity index (χ0) is 54.2. The van der Waals surface area contributed by atoms with E-state index in [0.29, 0.717) is 17.4 Å². The summed E-state index contributed by atoms with van der Waals surface area (Å²) in [5.41, 5.74) is 0. The molecule has 1 amide bonds. The molecule has 0 aliphatic rings. The van der Waals surface area contributed by atoms with Gasteiger partial charge in [-0.3, -0.25) is 9.36 Å². The maximum absolute atomic E-state index is 13.0. The highest BCUT2D eigenvalue weighted by Crippen LogP contribution is 2.38. The van der Waals surface area contributed by atoms with Gasteiger partial charge in [0, 0.05) is 6.42 Å². The number of aliphatic hydroxyl groups is 1. The lowest BCUT2D eigenvalue weighted by atomic mass is 10.0. The number of aliphatic hydroxyl groups excluding tert-OH is 1. The number of phosphoric ester groups is 1. The van der Waals surface area contributed by atoms with E-state index in [9.17, 15) is 19.4 Å². The largest absolute Gasteiger partial charge is 0.756 e. The van der Waals surface area contributed by atoms with Gasteiger partial charge < -0.3 is 28.8 Å². The number of likely N-dealkylation sites (N-methyl/N-ethyl adjacent to an activating group) is 1. The molecule has 8 nitrogen and oxygen atoms in total. The Balaban J connectivity index is 4.29. The number of rotatable bonds is 54. The molecule has 0 rings (SSSR count). The lowest BCUT2D eigenvalue weighted by Gasteiger charge is -2.29. The van der Waals surface area contributed by atoms with Crippen LogP contribution >= 0.6 is 7.82 Å². The maximum atomic E-state index is 13.0. The number of amides is 1. The fourth-order valence-electron chi connectivity index (χ4n) is 8.27. The summed E-state index contributed by atoms with van der Waals surface area (Å²) in [6.45, 7) is 4.51. The van der Waals surface area contributed by atoms with Crippen molar-refractivity contribution < 1.29 is 32.9 Å². The van der Waals surface area contributed by atoms with Crippen molar-refractivity contribution in [3.05, 3.63) is 109 Å². The number of carbonyl (C=O) groups excluding carboxylic acids is 1. The topological polar surface area (TPSA) is 108 Å². The standard InChI is InChI=1S/C65H115N2O6P/c1-6-8-10-12-14-16-18-20-22-24-26-28-30-31-32-33-34-35-37-39-41-43-45-47-49-51-53-55-57-59-65(69)66-63(62-73-74(70,71)72-61-60-67(3,4)5)64(68)58-56-54-52-50-48-46-44-42-40-38-36-29-27-25-23-21-19-17-15-13-11-9-7-2/h8,10,14,16,20,22,26,28,31-32,34-35,39,41,48,50,56,58,63-64,68H,6-7,9,11-13,15,17-19,21,23-25,27,29-30,33,36-38,40,42-47,49,51-55,57,59-62H2,1-5H3,(H-,66,69,70,71)/b10-8-,16-14-,22-20-,28-26-,32-31-,35-34-,41-39-,50-48+,58-56+. The Labute approximate surface area is 457 Å². The molecule has 0 aromatic rings. The van der Waals surface area contributed by atoms with Crippen LogP contribution in [0.1, 0.15) is 245 Å². The first-order valence-electron chi connectivity index (χ1n) is 30.2. The molecule has 0 bridgehead atoms. The zero-order valence-electron chi connectivity index (χ0n) is 48.5. The monoisotopic (exact) mass is 1050 g/mol. The summed E-state index contributed by atoms with van der Waals surface area (Å²) in [7, 11) is 1.22. The molecule has 0 aromatic carbocycles. The van der Waals surface area contributed by atoms with Crippen LogP contribution in [0.25, 0.3) is 0 Å². The molecule has 3 unspecified atom stereocenters. The Morgan fingerprint density at radius 1 is 0.486 bits per heavy atom. The van der Waals surface area contributed by atoms with Crippen molar-refractivity contribution in [2.45, 2.75) is 257 Å². The van der Waals surface area contributed by atoms with Gasteiger partial charge in [0.2, 0.25) is 5.91 Å². The van der Waals surface area contributed by atoms with E-state index in [-0.39, 0.29) is 12.5 Å². The summed E-state index contributed by atoms with van der Waals surface area (Å²) in [5, 5.41) is 13.9. The van der Waals surface area contributed by atoms with Crippen LogP contribution in [0.4, 0.5) is 0 Å². The molecule has 0 aromatic heterocycles. The minimum Gasteiger partial charge on any atom is -0.756 e. The van der Waals surface area contributed by atoms with Crippen molar-refractivity contribution >= 4 is 13.7 Å². The minimum absolute atomic E-state index is 0.0143. The zero-order valence-corrected chi connectivity index (χ0v) is 49.4. The van der Waals surface area contributed by atoms with E-state index in [2.05, 4.69) is 116 Å². The predicted octanol–water partition coefficient (Wildman–Crippen LogP) is 18.1. The highest BCUT2D eigenvalue weighted by molar-refractivity contribution is 7.45. The predicted molar refractivity (Wildman–Crippen MR) is 320 cm³/mol. The van der Waals surface area contributed by atoms with Gasteiger partial charge in [-0.1, -0.05) is 258 Å². The van der Waals surface area contributed by atoms with Crippen molar-refractivity contribution in [2.75, 3.05) is 40.9 Å². The summed E-state index contributed by atoms with van der Waals surface area (Å²) >= 11 is 0. The van der Waals surface area contributed by atoms with Crippen LogP contribution in [0.15, 0.2) is 109 Å². The molecule has 3 atom stereocenters. The van der Waals surface area contributed by atoms with Gasteiger partial charge in [-0.15, -0.1) is 0 Å². The van der Waals surface area contributed by atoms with Crippen molar-refractivity contribution in [2.24, 2.45) is 0 Å². The van der Waals surface area contributed by atoms with Gasteiger partial charge in [-0.05, 0) is 89.9 Å². The first kappa shape index (κ1) is 71.2. The molecule has 0 aliphatic heterocycles. The number of hydrogen-bond acceptors (Lipinski definition) is 6. The van der Waals surface area contributed by atoms with Gasteiger partial charge >= 0.3 is 0 Å². The number of quaternary nitrogens is 1. The van der Waals surface area contributed by atoms with Crippen LogP contribution in [0.5, 0.6) is 0 Å². The second-order valence-corrected chi connectivity index (χ2v) is 22.7. The van der Waals surface area contributed by atoms with Crippen LogP contribution in [0.2, 0.25) is 0 Å². The first-order valence-corrected chi connectivity index (χ1v) is 31.7. The molecule has 0 heterocycles. The fraction of sp³-hybridized carbons (Fsp3) is 0.708. The molecule has 426 valence electrons. The quantitative estimate of drug-likeness (QED) is 0.0272. The van der Waals surface area contributed by atoms with E-state index in [0.717, 1.165) is 96.3 Å². The van der Waals surface area contributed by atoms with Crippen LogP contribution in [-0.4, -0.2) is 68.5 Å². The molecule has 2 N–H and O–H groups in total. The van der Waals surface area contributed by atoms with Crippen LogP contribution < -0.4 is 10.2 Å². The number of phosphoric acid groups is 1. The molecule has 0 aliphatic carbocycles. The third-order valence-electron chi connectivity index (χ3n) is 13.0. The van der Waals surface area contributed by atoms with E-state index in [1.54, 1.807) is 6.08 Å². The Kier molecular flexibility index (Phi) is 52.8. The number of hydrogen-bond donors (Lipinski definition) is 2. The Bertz CT molecular complexity index is 1570. The minimum atomic E-state index is -4.62. The van der Waals surface area contributed by atoms with E-state index in [1.807, 2.05) is 27.2 Å². The van der Waals surface area contributed by atoms with Crippen molar-refractivity contribution in [1.82, 2.24) is 5.32 Å². The summed E-state index contributed by atoms with van der Waals surface area (Å²) in [5.74, 6) is -0.221. The maximum Gasteiger partial charge on any atom is 0.268 e. The van der Waals surface area contributed by atoms with Crippen LogP contribution in [-0.2, 0) is 18.4 Å². The molecule has 0 radical (unpaired) electrons. The lowest BCUT2D eigenvalue weighted by Crippen LogP contribution is -2.45. The number of carbonyl (C=O) groups is 1. The molecular weight excluding hydrogens is 936 g/mol. The molecule has 9 heteroatoms. The highest BCUT2D eigenvalue weighted by Gasteiger charge is 2.23. The molecule has 0 saturated carbocycles. The third kappa shape index (κ3) is 56.9. The summed E-state index contributed by atoms with van der Waals surface area (Å²) in [6.07, 6.45) is 80.3. The van der Waals surface area contributed by atoms with Gasteiger partial charge in [0.05, 0.1) is 39.9 Å². The normalized spacial score (nSPS) is 14.6. The summed E-state index contributed by atoms with van der Waals surface area (Å²) in [6, 6.07) is -0.919. The molecule has 0 fully saturated rings. The molecule has 74 heavy (non-hydrogen) atoms. The first-order chi connectivity index (χ1) is 36.0. The van der Waals surface area contributed by atoms with Crippen molar-refractivity contribution in [3.63, 3.8) is 0 Å². The average Bonchev–Trinajstić information content (AvgIpc) is 3.36. The lowest BCUT2D eigenvalue weighted by molar-refractivity contribution is -0.870. The van der Waals surface area contributed by atoms with Gasteiger partial charge in [0.15, 0.2) is 0 Å². The van der Waals surface area contributed by atoms with Gasteiger partial charge in [0.1, 0.15) is 13.2 Å². The number of allylic oxidation sites excluding steroid dienone is 17. The van der Waals surface area contributed by atoms with Crippen LogP contribution in [0, 0.1) is 0 Å². The summed E-state index contributed by atoms with van der Waals surface area (Å²) in [4.78, 5) is 25.5. The Morgan fingerprint density at radius 2 is 0.838 bits per heavy atom. The Hall–Kier alpha value is -2.84. The number of nitrogens with zero attached hydrogens (tertiary/aromatic N) is 1. The third-order valence-corrected chi connectivity index (χ3v) is 13.9. The van der Waals surface area contributed by atoms with Gasteiger partial charge in [0.25, 0.3) is 7.82 Å². The average molecular weight is 1050 g/mol. The van der Waals surface area contributed by atoms with E-state index < -0.39 is 26.6 Å². The second kappa shape index (κ2) is 54.9. The summed E-state index contributed by atoms with van der Waals surface area (Å²) < 4.78 is 23.4. The van der Waals surface area contributed by atoms with E-state index >= 15 is 0 Å². The van der Waals surface area contributed by atoms with Crippen molar-refractivity contribution in [3.8, 4) is 0 Å². The molecular formula is C65H115N2O6P. The van der Waals surface area contributed by atoms with Crippen LogP contribution in [0.3, 0.4) is 0 Å².